The molecule has 0 bridgehead atoms. The molecule has 0 fully saturated rings. The van der Waals surface area contributed by atoms with Crippen LogP contribution in [0, 0.1) is 17.1 Å². The van der Waals surface area contributed by atoms with Crippen LogP contribution in [-0.4, -0.2) is 7.11 Å². The van der Waals surface area contributed by atoms with Gasteiger partial charge in [0.25, 0.3) is 0 Å². The average Bonchev–Trinajstić information content (AvgIpc) is 2.45. The summed E-state index contributed by atoms with van der Waals surface area (Å²) in [5.74, 6) is -0.692. The van der Waals surface area contributed by atoms with Crippen molar-refractivity contribution >= 4 is 0 Å². The minimum absolute atomic E-state index is 0.0257. The molecule has 0 N–H and O–H groups in total. The Morgan fingerprint density at radius 2 is 1.67 bits per heavy atom. The van der Waals surface area contributed by atoms with Crippen LogP contribution in [0.25, 0.3) is 11.1 Å². The number of halogens is 4. The van der Waals surface area contributed by atoms with Gasteiger partial charge in [-0.05, 0) is 47.5 Å². The first-order valence-electron chi connectivity index (χ1n) is 5.81. The minimum Gasteiger partial charge on any atom is -0.497 e. The second kappa shape index (κ2) is 5.44. The monoisotopic (exact) mass is 295 g/mol. The molecule has 0 radical (unpaired) electrons. The first-order chi connectivity index (χ1) is 9.83. The van der Waals surface area contributed by atoms with Gasteiger partial charge in [-0.2, -0.15) is 18.4 Å². The Balaban J connectivity index is 2.62. The van der Waals surface area contributed by atoms with Gasteiger partial charge in [-0.25, -0.2) is 4.39 Å². The molecule has 0 saturated carbocycles. The lowest BCUT2D eigenvalue weighted by Crippen LogP contribution is -2.05. The second-order valence-corrected chi connectivity index (χ2v) is 4.29. The molecule has 0 amide bonds. The van der Waals surface area contributed by atoms with Gasteiger partial charge in [0.1, 0.15) is 11.6 Å². The summed E-state index contributed by atoms with van der Waals surface area (Å²) < 4.78 is 56.5. The molecule has 0 atom stereocenters. The number of nitrogens with zero attached hydrogens (tertiary/aromatic N) is 1. The van der Waals surface area contributed by atoms with Crippen LogP contribution >= 0.6 is 0 Å². The molecular formula is C15H9F4NO. The van der Waals surface area contributed by atoms with Crippen LogP contribution in [0.15, 0.2) is 36.4 Å². The van der Waals surface area contributed by atoms with Gasteiger partial charge in [0.05, 0.1) is 24.3 Å². The van der Waals surface area contributed by atoms with Crippen molar-refractivity contribution in [1.82, 2.24) is 0 Å². The molecule has 2 rings (SSSR count). The molecular weight excluding hydrogens is 286 g/mol. The van der Waals surface area contributed by atoms with E-state index in [2.05, 4.69) is 0 Å². The zero-order valence-electron chi connectivity index (χ0n) is 10.8. The summed E-state index contributed by atoms with van der Waals surface area (Å²) in [6.07, 6.45) is -4.65. The highest BCUT2D eigenvalue weighted by atomic mass is 19.4. The zero-order valence-corrected chi connectivity index (χ0v) is 10.8. The molecule has 0 saturated heterocycles. The average molecular weight is 295 g/mol. The summed E-state index contributed by atoms with van der Waals surface area (Å²) in [7, 11) is 1.37. The van der Waals surface area contributed by atoms with Gasteiger partial charge < -0.3 is 4.74 Å². The maximum absolute atomic E-state index is 13.4. The molecule has 0 aromatic heterocycles. The lowest BCUT2D eigenvalue weighted by Gasteiger charge is -2.11. The second-order valence-electron chi connectivity index (χ2n) is 4.29. The molecule has 0 aliphatic carbocycles. The Morgan fingerprint density at radius 1 is 1.00 bits per heavy atom. The first-order valence-corrected chi connectivity index (χ1v) is 5.81. The summed E-state index contributed by atoms with van der Waals surface area (Å²) in [6, 6.07) is 8.36. The molecule has 0 unspecified atom stereocenters. The fraction of sp³-hybridized carbons (Fsp3) is 0.133. The van der Waals surface area contributed by atoms with Gasteiger partial charge in [-0.1, -0.05) is 0 Å². The van der Waals surface area contributed by atoms with E-state index in [4.69, 9.17) is 10.00 Å². The molecule has 0 heterocycles. The highest BCUT2D eigenvalue weighted by Crippen LogP contribution is 2.34. The lowest BCUT2D eigenvalue weighted by molar-refractivity contribution is -0.137. The van der Waals surface area contributed by atoms with Crippen LogP contribution in [0.4, 0.5) is 17.6 Å². The van der Waals surface area contributed by atoms with Crippen molar-refractivity contribution in [3.05, 3.63) is 53.3 Å². The number of benzene rings is 2. The van der Waals surface area contributed by atoms with E-state index in [0.717, 1.165) is 12.1 Å². The van der Waals surface area contributed by atoms with E-state index in [1.165, 1.54) is 25.3 Å². The number of ether oxygens (including phenoxy) is 1. The molecule has 2 nitrogen and oxygen atoms in total. The Labute approximate surface area is 118 Å². The summed E-state index contributed by atoms with van der Waals surface area (Å²) in [4.78, 5) is 0. The van der Waals surface area contributed by atoms with Gasteiger partial charge >= 0.3 is 6.18 Å². The number of rotatable bonds is 2. The number of hydrogen-bond acceptors (Lipinski definition) is 2. The predicted octanol–water partition coefficient (Wildman–Crippen LogP) is 4.39. The molecule has 21 heavy (non-hydrogen) atoms. The van der Waals surface area contributed by atoms with Crippen LogP contribution in [-0.2, 0) is 6.18 Å². The Kier molecular flexibility index (Phi) is 3.85. The van der Waals surface area contributed by atoms with Crippen LogP contribution in [0.5, 0.6) is 5.75 Å². The van der Waals surface area contributed by atoms with Crippen molar-refractivity contribution in [2.45, 2.75) is 6.18 Å². The highest BCUT2D eigenvalue weighted by molar-refractivity contribution is 5.68. The van der Waals surface area contributed by atoms with E-state index in [-0.39, 0.29) is 16.7 Å². The quantitative estimate of drug-likeness (QED) is 0.770. The maximum Gasteiger partial charge on any atom is 0.416 e. The van der Waals surface area contributed by atoms with Gasteiger partial charge in [0.15, 0.2) is 0 Å². The largest absolute Gasteiger partial charge is 0.497 e. The molecule has 0 aliphatic rings. The standard InChI is InChI=1S/C15H9F4NO/c1-21-14-3-9(8-20)2-10(6-14)11-4-12(15(17,18)19)7-13(16)5-11/h2-7H,1H3. The third-order valence-corrected chi connectivity index (χ3v) is 2.83. The molecule has 2 aromatic carbocycles. The minimum atomic E-state index is -4.65. The highest BCUT2D eigenvalue weighted by Gasteiger charge is 2.31. The maximum atomic E-state index is 13.4. The molecule has 0 aliphatic heterocycles. The summed E-state index contributed by atoms with van der Waals surface area (Å²) in [5.41, 5.74) is -0.574. The van der Waals surface area contributed by atoms with Crippen LogP contribution in [0.2, 0.25) is 0 Å². The summed E-state index contributed by atoms with van der Waals surface area (Å²) >= 11 is 0. The van der Waals surface area contributed by atoms with Gasteiger partial charge in [0.2, 0.25) is 0 Å². The number of methoxy groups -OCH3 is 1. The third kappa shape index (κ3) is 3.31. The first kappa shape index (κ1) is 14.9. The van der Waals surface area contributed by atoms with Crippen molar-refractivity contribution in [3.63, 3.8) is 0 Å². The van der Waals surface area contributed by atoms with Crippen LogP contribution in [0.1, 0.15) is 11.1 Å². The van der Waals surface area contributed by atoms with E-state index in [9.17, 15) is 17.6 Å². The third-order valence-electron chi connectivity index (χ3n) is 2.83. The normalized spacial score (nSPS) is 11.0. The molecule has 6 heteroatoms. The van der Waals surface area contributed by atoms with E-state index < -0.39 is 17.6 Å². The van der Waals surface area contributed by atoms with Crippen LogP contribution < -0.4 is 4.74 Å². The number of hydrogen-bond donors (Lipinski definition) is 0. The Bertz CT molecular complexity index is 717. The summed E-state index contributed by atoms with van der Waals surface area (Å²) in [5, 5.41) is 8.91. The van der Waals surface area contributed by atoms with Gasteiger partial charge in [-0.3, -0.25) is 0 Å². The molecule has 0 spiro atoms. The van der Waals surface area contributed by atoms with Crippen molar-refractivity contribution in [3.8, 4) is 22.9 Å². The Hall–Kier alpha value is -2.55. The van der Waals surface area contributed by atoms with Crippen molar-refractivity contribution < 1.29 is 22.3 Å². The van der Waals surface area contributed by atoms with Crippen molar-refractivity contribution in [2.75, 3.05) is 7.11 Å². The number of nitriles is 1. The van der Waals surface area contributed by atoms with E-state index in [0.29, 0.717) is 11.8 Å². The van der Waals surface area contributed by atoms with Crippen molar-refractivity contribution in [1.29, 1.82) is 5.26 Å². The van der Waals surface area contributed by atoms with Gasteiger partial charge in [-0.15, -0.1) is 0 Å². The zero-order chi connectivity index (χ0) is 15.6. The smallest absolute Gasteiger partial charge is 0.416 e. The Morgan fingerprint density at radius 3 is 2.24 bits per heavy atom. The SMILES string of the molecule is COc1cc(C#N)cc(-c2cc(F)cc(C(F)(F)F)c2)c1. The molecule has 108 valence electrons. The topological polar surface area (TPSA) is 33.0 Å². The fourth-order valence-corrected chi connectivity index (χ4v) is 1.87. The number of alkyl halides is 3. The van der Waals surface area contributed by atoms with E-state index in [1.54, 1.807) is 0 Å². The van der Waals surface area contributed by atoms with Crippen LogP contribution in [0.3, 0.4) is 0 Å². The predicted molar refractivity (Wildman–Crippen MR) is 68.1 cm³/mol. The van der Waals surface area contributed by atoms with E-state index >= 15 is 0 Å². The van der Waals surface area contributed by atoms with Gasteiger partial charge in [0, 0.05) is 0 Å². The van der Waals surface area contributed by atoms with Crippen molar-refractivity contribution in [2.24, 2.45) is 0 Å². The lowest BCUT2D eigenvalue weighted by atomic mass is 10.0. The molecule has 2 aromatic rings. The summed E-state index contributed by atoms with van der Waals surface area (Å²) in [6.45, 7) is 0. The fourth-order valence-electron chi connectivity index (χ4n) is 1.87. The van der Waals surface area contributed by atoms with E-state index in [1.807, 2.05) is 6.07 Å².